The smallest absolute Gasteiger partial charge is 0.246 e. The summed E-state index contributed by atoms with van der Waals surface area (Å²) in [5.74, 6) is -0.0572. The third-order valence-electron chi connectivity index (χ3n) is 3.27. The van der Waals surface area contributed by atoms with Gasteiger partial charge >= 0.3 is 0 Å². The van der Waals surface area contributed by atoms with E-state index in [1.54, 1.807) is 0 Å². The molecule has 3 nitrogen and oxygen atoms in total. The van der Waals surface area contributed by atoms with E-state index in [9.17, 15) is 4.79 Å². The molecular formula is C17H19BrN2O. The van der Waals surface area contributed by atoms with E-state index < -0.39 is 0 Å². The Kier molecular flexibility index (Phi) is 5.02. The van der Waals surface area contributed by atoms with Crippen molar-refractivity contribution in [2.45, 2.75) is 26.8 Å². The van der Waals surface area contributed by atoms with E-state index in [1.165, 1.54) is 5.56 Å². The second-order valence-corrected chi connectivity index (χ2v) is 6.10. The van der Waals surface area contributed by atoms with Crippen LogP contribution in [-0.4, -0.2) is 11.9 Å². The quantitative estimate of drug-likeness (QED) is 0.855. The van der Waals surface area contributed by atoms with Gasteiger partial charge in [-0.3, -0.25) is 4.79 Å². The highest BCUT2D eigenvalue weighted by Gasteiger charge is 2.13. The molecule has 0 aliphatic heterocycles. The van der Waals surface area contributed by atoms with Gasteiger partial charge in [0.25, 0.3) is 0 Å². The third-order valence-corrected chi connectivity index (χ3v) is 3.80. The van der Waals surface area contributed by atoms with Crippen LogP contribution in [0.15, 0.2) is 46.9 Å². The van der Waals surface area contributed by atoms with Crippen LogP contribution in [0.1, 0.15) is 18.1 Å². The van der Waals surface area contributed by atoms with E-state index in [0.717, 1.165) is 21.4 Å². The largest absolute Gasteiger partial charge is 0.374 e. The Morgan fingerprint density at radius 2 is 1.76 bits per heavy atom. The molecule has 0 aliphatic carbocycles. The number of halogens is 1. The summed E-state index contributed by atoms with van der Waals surface area (Å²) in [5.41, 5.74) is 4.08. The average molecular weight is 347 g/mol. The lowest BCUT2D eigenvalue weighted by molar-refractivity contribution is -0.116. The van der Waals surface area contributed by atoms with Crippen molar-refractivity contribution in [1.29, 1.82) is 0 Å². The highest BCUT2D eigenvalue weighted by atomic mass is 79.9. The molecule has 0 heterocycles. The Morgan fingerprint density at radius 3 is 2.43 bits per heavy atom. The lowest BCUT2D eigenvalue weighted by Gasteiger charge is -2.17. The predicted molar refractivity (Wildman–Crippen MR) is 91.8 cm³/mol. The summed E-state index contributed by atoms with van der Waals surface area (Å²) in [4.78, 5) is 12.2. The van der Waals surface area contributed by atoms with Gasteiger partial charge in [-0.25, -0.2) is 0 Å². The Labute approximate surface area is 133 Å². The van der Waals surface area contributed by atoms with E-state index >= 15 is 0 Å². The summed E-state index contributed by atoms with van der Waals surface area (Å²) in [6.45, 7) is 5.92. The molecule has 21 heavy (non-hydrogen) atoms. The molecule has 110 valence electrons. The standard InChI is InChI=1S/C17H19BrN2O/c1-11-4-5-12(2)16(10-11)19-13(3)17(21)20-15-8-6-14(18)7-9-15/h4-10,13,19H,1-3H3,(H,20,21)/t13-/m0/s1. The maximum atomic E-state index is 12.2. The number of carbonyl (C=O) groups excluding carboxylic acids is 1. The Morgan fingerprint density at radius 1 is 1.10 bits per heavy atom. The molecule has 2 rings (SSSR count). The number of rotatable bonds is 4. The monoisotopic (exact) mass is 346 g/mol. The van der Waals surface area contributed by atoms with Crippen molar-refractivity contribution in [3.05, 3.63) is 58.1 Å². The van der Waals surface area contributed by atoms with Crippen LogP contribution in [0.5, 0.6) is 0 Å². The number of benzene rings is 2. The molecule has 2 aromatic carbocycles. The molecular weight excluding hydrogens is 328 g/mol. The summed E-state index contributed by atoms with van der Waals surface area (Å²) in [7, 11) is 0. The molecule has 0 saturated heterocycles. The number of carbonyl (C=O) groups is 1. The Bertz CT molecular complexity index is 638. The van der Waals surface area contributed by atoms with Gasteiger partial charge in [0.1, 0.15) is 6.04 Å². The van der Waals surface area contributed by atoms with Gasteiger partial charge in [-0.05, 0) is 62.2 Å². The van der Waals surface area contributed by atoms with Crippen LogP contribution in [0, 0.1) is 13.8 Å². The Hall–Kier alpha value is -1.81. The van der Waals surface area contributed by atoms with Crippen LogP contribution in [0.3, 0.4) is 0 Å². The van der Waals surface area contributed by atoms with Crippen molar-refractivity contribution in [3.63, 3.8) is 0 Å². The minimum atomic E-state index is -0.311. The van der Waals surface area contributed by atoms with Crippen molar-refractivity contribution in [2.24, 2.45) is 0 Å². The lowest BCUT2D eigenvalue weighted by atomic mass is 10.1. The van der Waals surface area contributed by atoms with Crippen molar-refractivity contribution in [2.75, 3.05) is 10.6 Å². The zero-order valence-corrected chi connectivity index (χ0v) is 14.0. The summed E-state index contributed by atoms with van der Waals surface area (Å²) < 4.78 is 0.988. The van der Waals surface area contributed by atoms with E-state index in [2.05, 4.69) is 44.8 Å². The molecule has 2 N–H and O–H groups in total. The van der Waals surface area contributed by atoms with Crippen LogP contribution in [-0.2, 0) is 4.79 Å². The van der Waals surface area contributed by atoms with Crippen molar-refractivity contribution < 1.29 is 4.79 Å². The number of amides is 1. The molecule has 0 saturated carbocycles. The van der Waals surface area contributed by atoms with E-state index in [4.69, 9.17) is 0 Å². The molecule has 4 heteroatoms. The predicted octanol–water partition coefficient (Wildman–Crippen LogP) is 4.51. The highest BCUT2D eigenvalue weighted by molar-refractivity contribution is 9.10. The van der Waals surface area contributed by atoms with Crippen LogP contribution >= 0.6 is 15.9 Å². The first kappa shape index (κ1) is 15.6. The molecule has 0 spiro atoms. The van der Waals surface area contributed by atoms with E-state index in [1.807, 2.05) is 45.0 Å². The first-order valence-electron chi connectivity index (χ1n) is 6.86. The molecule has 0 bridgehead atoms. The lowest BCUT2D eigenvalue weighted by Crippen LogP contribution is -2.32. The minimum Gasteiger partial charge on any atom is -0.374 e. The first-order chi connectivity index (χ1) is 9.95. The molecule has 0 aliphatic rings. The fourth-order valence-electron chi connectivity index (χ4n) is 1.97. The fourth-order valence-corrected chi connectivity index (χ4v) is 2.24. The third kappa shape index (κ3) is 4.33. The topological polar surface area (TPSA) is 41.1 Å². The van der Waals surface area contributed by atoms with Crippen molar-refractivity contribution >= 4 is 33.2 Å². The summed E-state index contributed by atoms with van der Waals surface area (Å²) in [6.07, 6.45) is 0. The number of hydrogen-bond acceptors (Lipinski definition) is 2. The molecule has 2 aromatic rings. The van der Waals surface area contributed by atoms with Gasteiger partial charge in [0.05, 0.1) is 0 Å². The Balaban J connectivity index is 2.02. The summed E-state index contributed by atoms with van der Waals surface area (Å²) in [6, 6.07) is 13.4. The summed E-state index contributed by atoms with van der Waals surface area (Å²) in [5, 5.41) is 6.16. The van der Waals surface area contributed by atoms with Crippen molar-refractivity contribution in [3.8, 4) is 0 Å². The van der Waals surface area contributed by atoms with Crippen LogP contribution in [0.2, 0.25) is 0 Å². The summed E-state index contributed by atoms with van der Waals surface area (Å²) >= 11 is 3.37. The van der Waals surface area contributed by atoms with E-state index in [0.29, 0.717) is 0 Å². The number of nitrogens with one attached hydrogen (secondary N) is 2. The highest BCUT2D eigenvalue weighted by Crippen LogP contribution is 2.18. The van der Waals surface area contributed by atoms with Crippen LogP contribution in [0.25, 0.3) is 0 Å². The number of aryl methyl sites for hydroxylation is 2. The van der Waals surface area contributed by atoms with Gasteiger partial charge in [-0.1, -0.05) is 28.1 Å². The molecule has 0 radical (unpaired) electrons. The SMILES string of the molecule is Cc1ccc(C)c(N[C@@H](C)C(=O)Nc2ccc(Br)cc2)c1. The van der Waals surface area contributed by atoms with Crippen LogP contribution < -0.4 is 10.6 Å². The second-order valence-electron chi connectivity index (χ2n) is 5.18. The molecule has 1 amide bonds. The zero-order chi connectivity index (χ0) is 15.4. The average Bonchev–Trinajstić information content (AvgIpc) is 2.45. The van der Waals surface area contributed by atoms with Gasteiger partial charge in [0.15, 0.2) is 0 Å². The minimum absolute atomic E-state index is 0.0572. The van der Waals surface area contributed by atoms with Gasteiger partial charge in [-0.2, -0.15) is 0 Å². The maximum Gasteiger partial charge on any atom is 0.246 e. The van der Waals surface area contributed by atoms with Crippen LogP contribution in [0.4, 0.5) is 11.4 Å². The first-order valence-corrected chi connectivity index (χ1v) is 7.65. The van der Waals surface area contributed by atoms with Crippen molar-refractivity contribution in [1.82, 2.24) is 0 Å². The van der Waals surface area contributed by atoms with Gasteiger partial charge in [0.2, 0.25) is 5.91 Å². The van der Waals surface area contributed by atoms with Gasteiger partial charge < -0.3 is 10.6 Å². The zero-order valence-electron chi connectivity index (χ0n) is 12.4. The molecule has 0 unspecified atom stereocenters. The normalized spacial score (nSPS) is 11.8. The molecule has 0 aromatic heterocycles. The second kappa shape index (κ2) is 6.76. The fraction of sp³-hybridized carbons (Fsp3) is 0.235. The number of hydrogen-bond donors (Lipinski definition) is 2. The molecule has 1 atom stereocenters. The van der Waals surface area contributed by atoms with Gasteiger partial charge in [-0.15, -0.1) is 0 Å². The molecule has 0 fully saturated rings. The number of anilines is 2. The van der Waals surface area contributed by atoms with E-state index in [-0.39, 0.29) is 11.9 Å². The van der Waals surface area contributed by atoms with Gasteiger partial charge in [0, 0.05) is 15.8 Å². The maximum absolute atomic E-state index is 12.2.